The van der Waals surface area contributed by atoms with Gasteiger partial charge < -0.3 is 10.3 Å². The van der Waals surface area contributed by atoms with Crippen LogP contribution in [0.4, 0.5) is 0 Å². The Bertz CT molecular complexity index is 469. The van der Waals surface area contributed by atoms with Crippen molar-refractivity contribution in [3.05, 3.63) is 30.1 Å². The summed E-state index contributed by atoms with van der Waals surface area (Å²) >= 11 is 0. The number of hydrogen-bond donors (Lipinski definition) is 2. The molecule has 0 unspecified atom stereocenters. The maximum absolute atomic E-state index is 4.43. The Morgan fingerprint density at radius 3 is 3.31 bits per heavy atom. The molecule has 16 heavy (non-hydrogen) atoms. The first-order chi connectivity index (χ1) is 7.92. The molecule has 84 valence electrons. The summed E-state index contributed by atoms with van der Waals surface area (Å²) in [5, 5.41) is 4.68. The third-order valence-corrected chi connectivity index (χ3v) is 3.38. The molecule has 0 aliphatic carbocycles. The molecule has 3 heteroatoms. The Morgan fingerprint density at radius 2 is 2.44 bits per heavy atom. The molecule has 1 atom stereocenters. The van der Waals surface area contributed by atoms with Crippen molar-refractivity contribution >= 4 is 11.0 Å². The number of H-pyrrole nitrogens is 1. The number of nitrogens with one attached hydrogen (secondary N) is 2. The Morgan fingerprint density at radius 1 is 1.44 bits per heavy atom. The highest BCUT2D eigenvalue weighted by Gasteiger charge is 2.13. The van der Waals surface area contributed by atoms with Gasteiger partial charge in [0.25, 0.3) is 0 Å². The van der Waals surface area contributed by atoms with Crippen LogP contribution in [-0.2, 0) is 6.42 Å². The lowest BCUT2D eigenvalue weighted by atomic mass is 9.93. The van der Waals surface area contributed by atoms with Crippen LogP contribution in [0.2, 0.25) is 0 Å². The summed E-state index contributed by atoms with van der Waals surface area (Å²) in [6.45, 7) is 2.34. The molecule has 0 amide bonds. The van der Waals surface area contributed by atoms with E-state index in [1.165, 1.54) is 30.3 Å². The average molecular weight is 215 g/mol. The Labute approximate surface area is 95.3 Å². The van der Waals surface area contributed by atoms with Crippen molar-refractivity contribution in [1.29, 1.82) is 0 Å². The van der Waals surface area contributed by atoms with Crippen LogP contribution in [0.5, 0.6) is 0 Å². The van der Waals surface area contributed by atoms with Crippen LogP contribution in [0.3, 0.4) is 0 Å². The largest absolute Gasteiger partial charge is 0.346 e. The molecule has 0 spiro atoms. The topological polar surface area (TPSA) is 40.7 Å². The van der Waals surface area contributed by atoms with E-state index >= 15 is 0 Å². The highest BCUT2D eigenvalue weighted by atomic mass is 14.9. The van der Waals surface area contributed by atoms with Crippen molar-refractivity contribution in [3.8, 4) is 0 Å². The number of aromatic amines is 1. The van der Waals surface area contributed by atoms with Crippen molar-refractivity contribution in [2.24, 2.45) is 5.92 Å². The fourth-order valence-corrected chi connectivity index (χ4v) is 2.53. The van der Waals surface area contributed by atoms with E-state index in [0.717, 1.165) is 24.5 Å². The third-order valence-electron chi connectivity index (χ3n) is 3.38. The van der Waals surface area contributed by atoms with Crippen LogP contribution in [0, 0.1) is 5.92 Å². The number of fused-ring (bicyclic) bond motifs is 1. The minimum absolute atomic E-state index is 0.784. The normalized spacial score (nSPS) is 21.4. The molecule has 0 aromatic carbocycles. The van der Waals surface area contributed by atoms with Gasteiger partial charge in [0.2, 0.25) is 0 Å². The van der Waals surface area contributed by atoms with Gasteiger partial charge in [-0.2, -0.15) is 0 Å². The molecule has 1 aliphatic rings. The van der Waals surface area contributed by atoms with Crippen molar-refractivity contribution in [2.75, 3.05) is 13.1 Å². The second-order valence-electron chi connectivity index (χ2n) is 4.68. The van der Waals surface area contributed by atoms with Crippen molar-refractivity contribution in [3.63, 3.8) is 0 Å². The van der Waals surface area contributed by atoms with Crippen LogP contribution < -0.4 is 5.32 Å². The summed E-state index contributed by atoms with van der Waals surface area (Å²) in [6, 6.07) is 4.35. The number of rotatable bonds is 2. The summed E-state index contributed by atoms with van der Waals surface area (Å²) in [4.78, 5) is 7.56. The van der Waals surface area contributed by atoms with Gasteiger partial charge in [-0.05, 0) is 56.0 Å². The maximum Gasteiger partial charge on any atom is 0.137 e. The zero-order valence-corrected chi connectivity index (χ0v) is 9.37. The monoisotopic (exact) mass is 215 g/mol. The minimum Gasteiger partial charge on any atom is -0.346 e. The lowest BCUT2D eigenvalue weighted by Gasteiger charge is -2.22. The van der Waals surface area contributed by atoms with E-state index in [9.17, 15) is 0 Å². The van der Waals surface area contributed by atoms with E-state index in [2.05, 4.69) is 27.4 Å². The van der Waals surface area contributed by atoms with Crippen LogP contribution in [0.25, 0.3) is 11.0 Å². The van der Waals surface area contributed by atoms with Gasteiger partial charge >= 0.3 is 0 Å². The van der Waals surface area contributed by atoms with E-state index < -0.39 is 0 Å². The van der Waals surface area contributed by atoms with Crippen LogP contribution >= 0.6 is 0 Å². The second kappa shape index (κ2) is 4.26. The predicted molar refractivity (Wildman–Crippen MR) is 65.4 cm³/mol. The smallest absolute Gasteiger partial charge is 0.137 e. The van der Waals surface area contributed by atoms with Gasteiger partial charge in [0.1, 0.15) is 5.65 Å². The van der Waals surface area contributed by atoms with Gasteiger partial charge in [-0.25, -0.2) is 4.98 Å². The molecule has 2 aromatic rings. The number of pyridine rings is 1. The molecule has 3 nitrogen and oxygen atoms in total. The molecule has 1 saturated heterocycles. The molecular formula is C13H17N3. The lowest BCUT2D eigenvalue weighted by Crippen LogP contribution is -2.30. The summed E-state index contributed by atoms with van der Waals surface area (Å²) in [7, 11) is 0. The predicted octanol–water partition coefficient (Wildman–Crippen LogP) is 2.10. The number of hydrogen-bond acceptors (Lipinski definition) is 2. The SMILES string of the molecule is c1cc2cc(C[C@H]3CCCNC3)cnc2[nH]1. The van der Waals surface area contributed by atoms with E-state index in [1.54, 1.807) is 0 Å². The first-order valence-electron chi connectivity index (χ1n) is 6.04. The summed E-state index contributed by atoms with van der Waals surface area (Å²) in [6.07, 6.45) is 7.76. The Balaban J connectivity index is 1.77. The van der Waals surface area contributed by atoms with Gasteiger partial charge in [-0.15, -0.1) is 0 Å². The minimum atomic E-state index is 0.784. The fourth-order valence-electron chi connectivity index (χ4n) is 2.53. The molecule has 2 aromatic heterocycles. The molecule has 0 saturated carbocycles. The zero-order chi connectivity index (χ0) is 10.8. The van der Waals surface area contributed by atoms with Crippen molar-refractivity contribution in [1.82, 2.24) is 15.3 Å². The Hall–Kier alpha value is -1.35. The van der Waals surface area contributed by atoms with Crippen LogP contribution in [0.15, 0.2) is 24.5 Å². The molecule has 1 aliphatic heterocycles. The van der Waals surface area contributed by atoms with Crippen LogP contribution in [-0.4, -0.2) is 23.1 Å². The average Bonchev–Trinajstić information content (AvgIpc) is 2.77. The first-order valence-corrected chi connectivity index (χ1v) is 6.04. The van der Waals surface area contributed by atoms with E-state index in [1.807, 2.05) is 12.4 Å². The highest BCUT2D eigenvalue weighted by Crippen LogP contribution is 2.18. The molecular weight excluding hydrogens is 198 g/mol. The summed E-state index contributed by atoms with van der Waals surface area (Å²) in [5.41, 5.74) is 2.35. The second-order valence-corrected chi connectivity index (χ2v) is 4.68. The maximum atomic E-state index is 4.43. The third kappa shape index (κ3) is 1.95. The molecule has 3 heterocycles. The number of piperidine rings is 1. The van der Waals surface area contributed by atoms with Crippen molar-refractivity contribution < 1.29 is 0 Å². The fraction of sp³-hybridized carbons (Fsp3) is 0.462. The Kier molecular flexibility index (Phi) is 2.62. The van der Waals surface area contributed by atoms with E-state index in [0.29, 0.717) is 0 Å². The number of nitrogens with zero attached hydrogens (tertiary/aromatic N) is 1. The molecule has 0 radical (unpaired) electrons. The van der Waals surface area contributed by atoms with Gasteiger partial charge in [-0.1, -0.05) is 0 Å². The number of aromatic nitrogens is 2. The van der Waals surface area contributed by atoms with Crippen molar-refractivity contribution in [2.45, 2.75) is 19.3 Å². The quantitative estimate of drug-likeness (QED) is 0.805. The molecule has 2 N–H and O–H groups in total. The standard InChI is InChI=1S/C13H17N3/c1-2-10(8-14-4-1)6-11-7-12-3-5-15-13(12)16-9-11/h3,5,7,9-10,14H,1-2,4,6,8H2,(H,15,16)/t10-/m1/s1. The van der Waals surface area contributed by atoms with Gasteiger partial charge in [0.15, 0.2) is 0 Å². The first kappa shape index (κ1) is 9.85. The van der Waals surface area contributed by atoms with Gasteiger partial charge in [-0.3, -0.25) is 0 Å². The van der Waals surface area contributed by atoms with Gasteiger partial charge in [0, 0.05) is 17.8 Å². The van der Waals surface area contributed by atoms with Crippen LogP contribution in [0.1, 0.15) is 18.4 Å². The zero-order valence-electron chi connectivity index (χ0n) is 9.37. The van der Waals surface area contributed by atoms with Gasteiger partial charge in [0.05, 0.1) is 0 Å². The highest BCUT2D eigenvalue weighted by molar-refractivity contribution is 5.75. The summed E-state index contributed by atoms with van der Waals surface area (Å²) < 4.78 is 0. The molecule has 0 bridgehead atoms. The lowest BCUT2D eigenvalue weighted by molar-refractivity contribution is 0.376. The molecule has 1 fully saturated rings. The van der Waals surface area contributed by atoms with E-state index in [-0.39, 0.29) is 0 Å². The molecule has 3 rings (SSSR count). The van der Waals surface area contributed by atoms with E-state index in [4.69, 9.17) is 0 Å². The summed E-state index contributed by atoms with van der Waals surface area (Å²) in [5.74, 6) is 0.784.